The number of allylic oxidation sites excluding steroid dienone is 8. The third-order valence-electron chi connectivity index (χ3n) is 10.3. The Balaban J connectivity index is 1.08. The monoisotopic (exact) mass is 744 g/mol. The molecule has 0 aliphatic heterocycles. The number of benzene rings is 6. The Hall–Kier alpha value is -8.25. The Kier molecular flexibility index (Phi) is 7.75. The third-order valence-corrected chi connectivity index (χ3v) is 10.3. The van der Waals surface area contributed by atoms with E-state index in [-0.39, 0.29) is 34.2 Å². The number of fused-ring (bicyclic) bond motifs is 4. The first-order valence-corrected chi connectivity index (χ1v) is 17.9. The van der Waals surface area contributed by atoms with E-state index in [4.69, 9.17) is 14.5 Å². The van der Waals surface area contributed by atoms with Crippen LogP contribution in [0.4, 0.5) is 5.69 Å². The van der Waals surface area contributed by atoms with Crippen LogP contribution >= 0.6 is 0 Å². The number of anilines is 1. The highest BCUT2D eigenvalue weighted by molar-refractivity contribution is 6.63. The molecule has 0 saturated carbocycles. The van der Waals surface area contributed by atoms with E-state index < -0.39 is 0 Å². The molecule has 0 saturated heterocycles. The van der Waals surface area contributed by atoms with Gasteiger partial charge in [-0.05, 0) is 122 Å². The van der Waals surface area contributed by atoms with Gasteiger partial charge in [0.1, 0.15) is 22.5 Å². The van der Waals surface area contributed by atoms with Gasteiger partial charge in [-0.25, -0.2) is 9.61 Å². The molecule has 0 atom stereocenters. The van der Waals surface area contributed by atoms with Crippen molar-refractivity contribution in [2.75, 3.05) is 4.90 Å². The van der Waals surface area contributed by atoms with Gasteiger partial charge < -0.3 is 19.7 Å². The van der Waals surface area contributed by atoms with Gasteiger partial charge in [0.2, 0.25) is 5.89 Å². The van der Waals surface area contributed by atoms with Crippen molar-refractivity contribution in [2.24, 2.45) is 10.3 Å². The number of hydrogen-bond donors (Lipinski definition) is 4. The van der Waals surface area contributed by atoms with Crippen LogP contribution in [0.3, 0.4) is 0 Å². The number of hydrogen-bond acceptors (Lipinski definition) is 12. The topological polar surface area (TPSA) is 181 Å². The number of para-hydroxylation sites is 2. The maximum Gasteiger partial charge on any atom is 0.227 e. The van der Waals surface area contributed by atoms with Gasteiger partial charge in [-0.15, -0.1) is 0 Å². The largest absolute Gasteiger partial charge is 0.436 e. The van der Waals surface area contributed by atoms with Crippen molar-refractivity contribution in [3.8, 4) is 22.6 Å². The molecular formula is C45H28N8O4. The first-order valence-electron chi connectivity index (χ1n) is 17.9. The quantitative estimate of drug-likeness (QED) is 0.0562. The molecule has 0 amide bonds. The Labute approximate surface area is 323 Å². The van der Waals surface area contributed by atoms with Gasteiger partial charge in [0.05, 0.1) is 22.8 Å². The van der Waals surface area contributed by atoms with E-state index in [1.54, 1.807) is 35.3 Å². The number of nitrogens with one attached hydrogen (secondary N) is 2. The zero-order valence-corrected chi connectivity index (χ0v) is 29.8. The molecule has 2 heterocycles. The van der Waals surface area contributed by atoms with E-state index in [1.165, 1.54) is 6.08 Å². The summed E-state index contributed by atoms with van der Waals surface area (Å²) < 4.78 is 11.3. The molecule has 0 bridgehead atoms. The van der Waals surface area contributed by atoms with Crippen LogP contribution in [0.1, 0.15) is 5.56 Å². The maximum absolute atomic E-state index is 10.6. The van der Waals surface area contributed by atoms with E-state index in [0.717, 1.165) is 49.3 Å². The minimum atomic E-state index is -0.121. The average Bonchev–Trinajstić information content (AvgIpc) is 3.92. The summed E-state index contributed by atoms with van der Waals surface area (Å²) in [7, 11) is 0. The average molecular weight is 745 g/mol. The molecule has 12 nitrogen and oxygen atoms in total. The van der Waals surface area contributed by atoms with E-state index in [1.807, 2.05) is 84.9 Å². The van der Waals surface area contributed by atoms with E-state index in [0.29, 0.717) is 33.8 Å². The van der Waals surface area contributed by atoms with Crippen LogP contribution in [0.15, 0.2) is 176 Å². The van der Waals surface area contributed by atoms with Crippen LogP contribution in [0.5, 0.6) is 0 Å². The molecule has 2 aliphatic carbocycles. The van der Waals surface area contributed by atoms with Crippen LogP contribution in [0, 0.1) is 10.8 Å². The van der Waals surface area contributed by atoms with Crippen LogP contribution < -0.4 is 4.90 Å². The number of oxime groups is 2. The molecule has 4 N–H and O–H groups in total. The van der Waals surface area contributed by atoms with Crippen LogP contribution in [-0.2, 0) is 0 Å². The minimum Gasteiger partial charge on any atom is -0.436 e. The SMILES string of the molecule is N=C1C(N(C2=CC=C(c3ccc4cc5ccccc5cc4c3)C(=N)/C2=N\O)c2ccc(-c3ccc(-c4nc5ccccc5o4)cc3)c3nonc23)=CC=C/C1=N/O. The first-order chi connectivity index (χ1) is 28.0. The van der Waals surface area contributed by atoms with Gasteiger partial charge in [-0.3, -0.25) is 10.8 Å². The zero-order chi connectivity index (χ0) is 38.6. The Morgan fingerprint density at radius 2 is 1.33 bits per heavy atom. The van der Waals surface area contributed by atoms with E-state index in [9.17, 15) is 15.8 Å². The van der Waals surface area contributed by atoms with Crippen LogP contribution in [0.25, 0.3) is 71.8 Å². The van der Waals surface area contributed by atoms with Gasteiger partial charge in [0.25, 0.3) is 0 Å². The van der Waals surface area contributed by atoms with Crippen molar-refractivity contribution in [3.05, 3.63) is 163 Å². The molecular weight excluding hydrogens is 717 g/mol. The summed E-state index contributed by atoms with van der Waals surface area (Å²) in [4.78, 5) is 6.25. The van der Waals surface area contributed by atoms with Crippen LogP contribution in [0.2, 0.25) is 0 Å². The fraction of sp³-hybridized carbons (Fsp3) is 0. The van der Waals surface area contributed by atoms with Crippen LogP contribution in [-0.4, -0.2) is 48.6 Å². The van der Waals surface area contributed by atoms with E-state index >= 15 is 0 Å². The Morgan fingerprint density at radius 1 is 0.614 bits per heavy atom. The number of aromatic nitrogens is 3. The lowest BCUT2D eigenvalue weighted by Gasteiger charge is -2.32. The minimum absolute atomic E-state index is 0.0107. The van der Waals surface area contributed by atoms with E-state index in [2.05, 4.69) is 49.9 Å². The lowest BCUT2D eigenvalue weighted by Crippen LogP contribution is -2.37. The van der Waals surface area contributed by atoms with Crippen molar-refractivity contribution in [2.45, 2.75) is 0 Å². The van der Waals surface area contributed by atoms with Gasteiger partial charge in [-0.1, -0.05) is 77.1 Å². The van der Waals surface area contributed by atoms with Crippen molar-refractivity contribution >= 4 is 77.8 Å². The molecule has 0 spiro atoms. The fourth-order valence-corrected chi connectivity index (χ4v) is 7.45. The summed E-state index contributed by atoms with van der Waals surface area (Å²) in [6.07, 6.45) is 8.33. The fourth-order valence-electron chi connectivity index (χ4n) is 7.45. The summed E-state index contributed by atoms with van der Waals surface area (Å²) in [6, 6.07) is 37.3. The molecule has 2 aromatic heterocycles. The highest BCUT2D eigenvalue weighted by atomic mass is 16.6. The van der Waals surface area contributed by atoms with Crippen molar-refractivity contribution in [3.63, 3.8) is 0 Å². The molecule has 57 heavy (non-hydrogen) atoms. The molecule has 12 heteroatoms. The molecule has 0 radical (unpaired) electrons. The summed E-state index contributed by atoms with van der Waals surface area (Å²) in [6.45, 7) is 0. The normalized spacial score (nSPS) is 15.9. The van der Waals surface area contributed by atoms with Gasteiger partial charge in [-0.2, -0.15) is 0 Å². The maximum atomic E-state index is 10.6. The second-order valence-electron chi connectivity index (χ2n) is 13.5. The molecule has 6 aromatic carbocycles. The Morgan fingerprint density at radius 3 is 2.12 bits per heavy atom. The molecule has 10 rings (SSSR count). The van der Waals surface area contributed by atoms with Gasteiger partial charge in [0.15, 0.2) is 16.8 Å². The molecule has 0 unspecified atom stereocenters. The lowest BCUT2D eigenvalue weighted by molar-refractivity contribution is 0.315. The number of rotatable bonds is 6. The predicted molar refractivity (Wildman–Crippen MR) is 221 cm³/mol. The first kappa shape index (κ1) is 33.3. The van der Waals surface area contributed by atoms with Crippen molar-refractivity contribution in [1.29, 1.82) is 10.8 Å². The summed E-state index contributed by atoms with van der Waals surface area (Å²) in [5, 5.41) is 58.7. The predicted octanol–water partition coefficient (Wildman–Crippen LogP) is 9.95. The Bertz CT molecular complexity index is 3170. The highest BCUT2D eigenvalue weighted by Crippen LogP contribution is 2.40. The summed E-state index contributed by atoms with van der Waals surface area (Å²) in [5.41, 5.74) is 6.62. The second-order valence-corrected chi connectivity index (χ2v) is 13.5. The standard InChI is InChI=1S/C45H28N8O4/c46-40-32(30-17-16-29-22-27-6-1-2-7-28(27)23-31(29)24-30)18-20-37(43(40)50-55)53(36-10-5-9-35(49-54)41(36)47)38-21-19-33(42-44(38)52-57-51-42)25-12-14-26(15-13-25)45-48-34-8-3-4-11-39(34)56-45/h1-24,46-47,54-55H/b46-40?,47-41?,49-35-,50-43-. The third kappa shape index (κ3) is 5.50. The molecule has 2 aliphatic rings. The highest BCUT2D eigenvalue weighted by Gasteiger charge is 2.34. The van der Waals surface area contributed by atoms with Gasteiger partial charge >= 0.3 is 0 Å². The smallest absolute Gasteiger partial charge is 0.227 e. The second kappa shape index (κ2) is 13.2. The molecule has 8 aromatic rings. The number of oxazole rings is 1. The van der Waals surface area contributed by atoms with Crippen molar-refractivity contribution < 1.29 is 19.5 Å². The summed E-state index contributed by atoms with van der Waals surface area (Å²) >= 11 is 0. The van der Waals surface area contributed by atoms with Crippen molar-refractivity contribution in [1.82, 2.24) is 15.3 Å². The van der Waals surface area contributed by atoms with Gasteiger partial charge in [0, 0.05) is 16.7 Å². The lowest BCUT2D eigenvalue weighted by atomic mass is 9.89. The summed E-state index contributed by atoms with van der Waals surface area (Å²) in [5.74, 6) is 0.504. The molecule has 272 valence electrons. The zero-order valence-electron chi connectivity index (χ0n) is 29.8. The molecule has 0 fully saturated rings. The number of nitrogens with zero attached hydrogens (tertiary/aromatic N) is 6.